The molecule has 0 N–H and O–H groups in total. The van der Waals surface area contributed by atoms with Gasteiger partial charge in [-0.15, -0.1) is 0 Å². The highest BCUT2D eigenvalue weighted by molar-refractivity contribution is 4.72. The minimum absolute atomic E-state index is 0.773. The molecule has 0 bridgehead atoms. The molecule has 1 rings (SSSR count). The molecule has 0 unspecified atom stereocenters. The molecule has 1 heterocycles. The van der Waals surface area contributed by atoms with Gasteiger partial charge < -0.3 is 14.7 Å². The zero-order chi connectivity index (χ0) is 14.3. The van der Waals surface area contributed by atoms with Crippen LogP contribution in [0.4, 0.5) is 0 Å². The Morgan fingerprint density at radius 3 is 1.21 bits per heavy atom. The molecule has 0 aromatic rings. The third-order valence-corrected chi connectivity index (χ3v) is 3.89. The molecule has 19 heavy (non-hydrogen) atoms. The first-order valence-electron chi connectivity index (χ1n) is 8.18. The molecule has 114 valence electrons. The summed E-state index contributed by atoms with van der Waals surface area (Å²) in [6.45, 7) is 22.7. The van der Waals surface area contributed by atoms with Crippen LogP contribution in [-0.4, -0.2) is 73.6 Å². The highest BCUT2D eigenvalue weighted by atomic mass is 15.3. The normalized spacial score (nSPS) is 21.6. The van der Waals surface area contributed by atoms with Gasteiger partial charge in [0.05, 0.1) is 0 Å². The molecule has 3 nitrogen and oxygen atoms in total. The summed E-state index contributed by atoms with van der Waals surface area (Å²) >= 11 is 0. The number of rotatable bonds is 5. The van der Waals surface area contributed by atoms with Crippen LogP contribution in [0.25, 0.3) is 0 Å². The molecule has 1 saturated heterocycles. The minimum Gasteiger partial charge on any atom is -0.301 e. The van der Waals surface area contributed by atoms with E-state index >= 15 is 0 Å². The fourth-order valence-corrected chi connectivity index (χ4v) is 2.90. The van der Waals surface area contributed by atoms with E-state index in [1.165, 1.54) is 58.9 Å². The summed E-state index contributed by atoms with van der Waals surface area (Å²) in [6.07, 6.45) is 0. The lowest BCUT2D eigenvalue weighted by molar-refractivity contribution is 0.193. The number of hydrogen-bond donors (Lipinski definition) is 0. The van der Waals surface area contributed by atoms with E-state index in [-0.39, 0.29) is 0 Å². The fourth-order valence-electron chi connectivity index (χ4n) is 2.90. The molecule has 1 aliphatic rings. The molecule has 0 aromatic carbocycles. The Morgan fingerprint density at radius 2 is 0.947 bits per heavy atom. The van der Waals surface area contributed by atoms with Crippen LogP contribution in [0.2, 0.25) is 0 Å². The van der Waals surface area contributed by atoms with E-state index in [9.17, 15) is 0 Å². The van der Waals surface area contributed by atoms with Crippen molar-refractivity contribution in [3.05, 3.63) is 0 Å². The second kappa shape index (κ2) is 8.93. The third kappa shape index (κ3) is 7.28. The summed E-state index contributed by atoms with van der Waals surface area (Å²) in [7, 11) is 0. The summed E-state index contributed by atoms with van der Waals surface area (Å²) in [5.74, 6) is 1.55. The van der Waals surface area contributed by atoms with Gasteiger partial charge in [0.2, 0.25) is 0 Å². The van der Waals surface area contributed by atoms with E-state index in [0.29, 0.717) is 0 Å². The van der Waals surface area contributed by atoms with E-state index < -0.39 is 0 Å². The van der Waals surface area contributed by atoms with Crippen molar-refractivity contribution >= 4 is 0 Å². The van der Waals surface area contributed by atoms with Crippen LogP contribution in [0.15, 0.2) is 0 Å². The Balaban J connectivity index is 2.56. The van der Waals surface area contributed by atoms with Gasteiger partial charge in [0.15, 0.2) is 0 Å². The zero-order valence-electron chi connectivity index (χ0n) is 13.9. The molecule has 0 spiro atoms. The smallest absolute Gasteiger partial charge is 0.0110 e. The highest BCUT2D eigenvalue weighted by Gasteiger charge is 2.16. The Labute approximate surface area is 120 Å². The van der Waals surface area contributed by atoms with Crippen molar-refractivity contribution in [1.82, 2.24) is 14.7 Å². The lowest BCUT2D eigenvalue weighted by Crippen LogP contribution is -2.39. The zero-order valence-corrected chi connectivity index (χ0v) is 13.9. The van der Waals surface area contributed by atoms with Crippen molar-refractivity contribution < 1.29 is 0 Å². The second-order valence-corrected chi connectivity index (χ2v) is 6.82. The molecule has 0 aliphatic carbocycles. The van der Waals surface area contributed by atoms with Crippen molar-refractivity contribution in [2.24, 2.45) is 11.8 Å². The van der Waals surface area contributed by atoms with Gasteiger partial charge in [-0.3, -0.25) is 0 Å². The maximum absolute atomic E-state index is 2.66. The van der Waals surface area contributed by atoms with Gasteiger partial charge >= 0.3 is 0 Å². The van der Waals surface area contributed by atoms with Gasteiger partial charge in [0.25, 0.3) is 0 Å². The topological polar surface area (TPSA) is 9.72 Å². The van der Waals surface area contributed by atoms with Gasteiger partial charge in [-0.1, -0.05) is 34.6 Å². The average molecular weight is 269 g/mol. The van der Waals surface area contributed by atoms with E-state index in [2.05, 4.69) is 49.3 Å². The Kier molecular flexibility index (Phi) is 7.96. The minimum atomic E-state index is 0.773. The predicted octanol–water partition coefficient (Wildman–Crippen LogP) is 2.24. The molecule has 0 saturated carbocycles. The second-order valence-electron chi connectivity index (χ2n) is 6.82. The Bertz CT molecular complexity index is 206. The molecule has 0 amide bonds. The third-order valence-electron chi connectivity index (χ3n) is 3.89. The van der Waals surface area contributed by atoms with Crippen LogP contribution in [0.1, 0.15) is 34.6 Å². The molecule has 0 radical (unpaired) electrons. The largest absolute Gasteiger partial charge is 0.301 e. The van der Waals surface area contributed by atoms with Crippen LogP contribution in [0, 0.1) is 11.8 Å². The van der Waals surface area contributed by atoms with Crippen molar-refractivity contribution in [2.75, 3.05) is 58.9 Å². The first-order valence-corrected chi connectivity index (χ1v) is 8.18. The van der Waals surface area contributed by atoms with E-state index in [4.69, 9.17) is 0 Å². The SMILES string of the molecule is CCN1CCN(CC(C)C)CCN(CC(C)C)CC1. The van der Waals surface area contributed by atoms with Gasteiger partial charge in [-0.05, 0) is 18.4 Å². The van der Waals surface area contributed by atoms with Crippen LogP contribution in [0.3, 0.4) is 0 Å². The first kappa shape index (κ1) is 16.9. The van der Waals surface area contributed by atoms with Crippen molar-refractivity contribution in [3.63, 3.8) is 0 Å². The first-order chi connectivity index (χ1) is 9.01. The monoisotopic (exact) mass is 269 g/mol. The van der Waals surface area contributed by atoms with Crippen LogP contribution in [0.5, 0.6) is 0 Å². The predicted molar refractivity (Wildman–Crippen MR) is 84.7 cm³/mol. The lowest BCUT2D eigenvalue weighted by Gasteiger charge is -2.27. The molecular formula is C16H35N3. The summed E-state index contributed by atoms with van der Waals surface area (Å²) in [5, 5.41) is 0. The van der Waals surface area contributed by atoms with E-state index in [1.807, 2.05) is 0 Å². The molecular weight excluding hydrogens is 234 g/mol. The quantitative estimate of drug-likeness (QED) is 0.758. The molecule has 1 fully saturated rings. The summed E-state index contributed by atoms with van der Waals surface area (Å²) in [6, 6.07) is 0. The van der Waals surface area contributed by atoms with E-state index in [0.717, 1.165) is 11.8 Å². The standard InChI is InChI=1S/C16H35N3/c1-6-17-7-9-18(13-15(2)3)11-12-19(10-8-17)14-16(4)5/h15-16H,6-14H2,1-5H3. The van der Waals surface area contributed by atoms with Crippen LogP contribution < -0.4 is 0 Å². The molecule has 3 heteroatoms. The average Bonchev–Trinajstić information content (AvgIpc) is 2.41. The summed E-state index contributed by atoms with van der Waals surface area (Å²) in [4.78, 5) is 7.92. The molecule has 0 atom stereocenters. The number of hydrogen-bond acceptors (Lipinski definition) is 3. The maximum atomic E-state index is 2.66. The van der Waals surface area contributed by atoms with Gasteiger partial charge in [0, 0.05) is 52.4 Å². The van der Waals surface area contributed by atoms with E-state index in [1.54, 1.807) is 0 Å². The van der Waals surface area contributed by atoms with Gasteiger partial charge in [0.1, 0.15) is 0 Å². The molecule has 0 aromatic heterocycles. The van der Waals surface area contributed by atoms with Crippen molar-refractivity contribution in [2.45, 2.75) is 34.6 Å². The van der Waals surface area contributed by atoms with Gasteiger partial charge in [-0.2, -0.15) is 0 Å². The van der Waals surface area contributed by atoms with Crippen molar-refractivity contribution in [1.29, 1.82) is 0 Å². The fraction of sp³-hybridized carbons (Fsp3) is 1.00. The van der Waals surface area contributed by atoms with Crippen LogP contribution in [-0.2, 0) is 0 Å². The summed E-state index contributed by atoms with van der Waals surface area (Å²) in [5.41, 5.74) is 0. The van der Waals surface area contributed by atoms with Gasteiger partial charge in [-0.25, -0.2) is 0 Å². The Hall–Kier alpha value is -0.120. The Morgan fingerprint density at radius 1 is 0.632 bits per heavy atom. The number of nitrogens with zero attached hydrogens (tertiary/aromatic N) is 3. The van der Waals surface area contributed by atoms with Crippen molar-refractivity contribution in [3.8, 4) is 0 Å². The molecule has 1 aliphatic heterocycles. The lowest BCUT2D eigenvalue weighted by atomic mass is 10.2. The number of likely N-dealkylation sites (N-methyl/N-ethyl adjacent to an activating group) is 1. The summed E-state index contributed by atoms with van der Waals surface area (Å²) < 4.78 is 0. The maximum Gasteiger partial charge on any atom is 0.0110 e. The highest BCUT2D eigenvalue weighted by Crippen LogP contribution is 2.05. The van der Waals surface area contributed by atoms with Crippen LogP contribution >= 0.6 is 0 Å².